The number of carboxylic acid groups (broad SMARTS) is 1. The maximum Gasteiger partial charge on any atom is 0.345 e. The SMILES string of the molecule is Cn1c(CNC2(C)CCC2)cc2cc3c(cc21)OCCc1c-3[nH]c(=O)c(C(=O)O)c1O. The Morgan fingerprint density at radius 2 is 2.10 bits per heavy atom. The van der Waals surface area contributed by atoms with E-state index in [0.29, 0.717) is 22.6 Å². The van der Waals surface area contributed by atoms with Crippen LogP contribution in [-0.4, -0.2) is 37.9 Å². The fourth-order valence-electron chi connectivity index (χ4n) is 4.66. The second-order valence-corrected chi connectivity index (χ2v) is 8.80. The monoisotopic (exact) mass is 423 g/mol. The highest BCUT2D eigenvalue weighted by Crippen LogP contribution is 2.40. The van der Waals surface area contributed by atoms with E-state index in [0.717, 1.165) is 23.1 Å². The van der Waals surface area contributed by atoms with Crippen LogP contribution in [0.4, 0.5) is 0 Å². The molecule has 0 saturated heterocycles. The molecule has 1 saturated carbocycles. The third-order valence-electron chi connectivity index (χ3n) is 6.78. The number of nitrogens with one attached hydrogen (secondary N) is 2. The number of aromatic carboxylic acids is 1. The van der Waals surface area contributed by atoms with Gasteiger partial charge in [0, 0.05) is 53.8 Å². The molecule has 0 radical (unpaired) electrons. The fraction of sp³-hybridized carbons (Fsp3) is 0.391. The number of pyridine rings is 1. The average Bonchev–Trinajstić information content (AvgIpc) is 2.88. The van der Waals surface area contributed by atoms with Crippen molar-refractivity contribution in [1.29, 1.82) is 0 Å². The molecule has 1 aliphatic heterocycles. The number of H-pyrrole nitrogens is 1. The number of hydrogen-bond acceptors (Lipinski definition) is 5. The van der Waals surface area contributed by atoms with Gasteiger partial charge in [0.1, 0.15) is 11.5 Å². The molecule has 4 N–H and O–H groups in total. The smallest absolute Gasteiger partial charge is 0.345 e. The minimum absolute atomic E-state index is 0.203. The quantitative estimate of drug-likeness (QED) is 0.513. The van der Waals surface area contributed by atoms with E-state index in [4.69, 9.17) is 4.74 Å². The summed E-state index contributed by atoms with van der Waals surface area (Å²) in [7, 11) is 2.02. The number of aromatic amines is 1. The maximum absolute atomic E-state index is 12.4. The standard InChI is InChI=1S/C23H25N3O5/c1-23(5-3-6-23)24-11-13-8-12-9-15-17(10-16(12)26(13)2)31-7-4-14-19(15)25-21(28)18(20(14)27)22(29)30/h8-10,24H,3-7,11H2,1-2H3,(H,29,30)(H2,25,27,28). The summed E-state index contributed by atoms with van der Waals surface area (Å²) in [6, 6.07) is 5.98. The van der Waals surface area contributed by atoms with Crippen LogP contribution in [-0.2, 0) is 20.0 Å². The summed E-state index contributed by atoms with van der Waals surface area (Å²) < 4.78 is 8.06. The van der Waals surface area contributed by atoms with Crippen LogP contribution >= 0.6 is 0 Å². The van der Waals surface area contributed by atoms with Crippen molar-refractivity contribution in [3.8, 4) is 22.8 Å². The van der Waals surface area contributed by atoms with Crippen molar-refractivity contribution in [1.82, 2.24) is 14.9 Å². The lowest BCUT2D eigenvalue weighted by atomic mass is 9.78. The van der Waals surface area contributed by atoms with Gasteiger partial charge in [-0.1, -0.05) is 0 Å². The number of benzene rings is 1. The van der Waals surface area contributed by atoms with Crippen molar-refractivity contribution < 1.29 is 19.7 Å². The molecule has 0 bridgehead atoms. The molecule has 2 aliphatic rings. The summed E-state index contributed by atoms with van der Waals surface area (Å²) in [5, 5.41) is 24.4. The maximum atomic E-state index is 12.4. The highest BCUT2D eigenvalue weighted by molar-refractivity contribution is 5.94. The Balaban J connectivity index is 1.62. The molecule has 8 nitrogen and oxygen atoms in total. The van der Waals surface area contributed by atoms with Crippen LogP contribution in [0.25, 0.3) is 22.2 Å². The van der Waals surface area contributed by atoms with Gasteiger partial charge in [-0.15, -0.1) is 0 Å². The topological polar surface area (TPSA) is 117 Å². The number of aryl methyl sites for hydroxylation is 1. The summed E-state index contributed by atoms with van der Waals surface area (Å²) >= 11 is 0. The summed E-state index contributed by atoms with van der Waals surface area (Å²) in [5.41, 5.74) is 2.31. The summed E-state index contributed by atoms with van der Waals surface area (Å²) in [6.45, 7) is 3.27. The third kappa shape index (κ3) is 3.09. The van der Waals surface area contributed by atoms with Crippen LogP contribution in [0.1, 0.15) is 47.8 Å². The van der Waals surface area contributed by atoms with E-state index in [9.17, 15) is 19.8 Å². The molecule has 1 aromatic carbocycles. The van der Waals surface area contributed by atoms with E-state index in [1.807, 2.05) is 19.2 Å². The number of aromatic hydroxyl groups is 1. The van der Waals surface area contributed by atoms with Crippen molar-refractivity contribution in [2.24, 2.45) is 7.05 Å². The summed E-state index contributed by atoms with van der Waals surface area (Å²) in [6.07, 6.45) is 3.92. The van der Waals surface area contributed by atoms with E-state index >= 15 is 0 Å². The molecule has 0 unspecified atom stereocenters. The van der Waals surface area contributed by atoms with Crippen LogP contribution in [0.5, 0.6) is 11.5 Å². The first kappa shape index (κ1) is 19.7. The van der Waals surface area contributed by atoms with E-state index in [-0.39, 0.29) is 18.6 Å². The molecule has 1 fully saturated rings. The number of aromatic nitrogens is 2. The molecule has 8 heteroatoms. The lowest BCUT2D eigenvalue weighted by Gasteiger charge is -2.39. The van der Waals surface area contributed by atoms with Gasteiger partial charge in [0.05, 0.1) is 17.8 Å². The lowest BCUT2D eigenvalue weighted by molar-refractivity contribution is 0.0691. The zero-order valence-corrected chi connectivity index (χ0v) is 17.5. The van der Waals surface area contributed by atoms with Crippen LogP contribution in [0, 0.1) is 0 Å². The van der Waals surface area contributed by atoms with Crippen molar-refractivity contribution in [2.75, 3.05) is 6.61 Å². The highest BCUT2D eigenvalue weighted by Gasteiger charge is 2.31. The molecule has 31 heavy (non-hydrogen) atoms. The zero-order chi connectivity index (χ0) is 21.9. The first-order chi connectivity index (χ1) is 14.8. The first-order valence-electron chi connectivity index (χ1n) is 10.5. The Labute approximate surface area is 178 Å². The number of ether oxygens (including phenoxy) is 1. The molecular formula is C23H25N3O5. The van der Waals surface area contributed by atoms with E-state index in [2.05, 4.69) is 27.9 Å². The molecule has 0 spiro atoms. The van der Waals surface area contributed by atoms with Gasteiger partial charge in [-0.25, -0.2) is 4.79 Å². The van der Waals surface area contributed by atoms with Gasteiger partial charge < -0.3 is 29.8 Å². The largest absolute Gasteiger partial charge is 0.506 e. The van der Waals surface area contributed by atoms with Crippen LogP contribution < -0.4 is 15.6 Å². The van der Waals surface area contributed by atoms with E-state index in [1.165, 1.54) is 19.3 Å². The molecule has 0 atom stereocenters. The number of hydrogen-bond donors (Lipinski definition) is 4. The minimum atomic E-state index is -1.46. The van der Waals surface area contributed by atoms with Gasteiger partial charge in [0.2, 0.25) is 0 Å². The number of nitrogens with zero attached hydrogens (tertiary/aromatic N) is 1. The number of carbonyl (C=O) groups is 1. The summed E-state index contributed by atoms with van der Waals surface area (Å²) in [5.74, 6) is -1.35. The third-order valence-corrected chi connectivity index (χ3v) is 6.78. The molecule has 0 amide bonds. The van der Waals surface area contributed by atoms with E-state index in [1.54, 1.807) is 0 Å². The number of fused-ring (bicyclic) bond motifs is 4. The Morgan fingerprint density at radius 1 is 1.32 bits per heavy atom. The van der Waals surface area contributed by atoms with Crippen molar-refractivity contribution in [3.63, 3.8) is 0 Å². The molecule has 2 aromatic heterocycles. The van der Waals surface area contributed by atoms with Gasteiger partial charge in [-0.05, 0) is 38.3 Å². The Morgan fingerprint density at radius 3 is 2.77 bits per heavy atom. The number of rotatable bonds is 4. The van der Waals surface area contributed by atoms with Crippen LogP contribution in [0.15, 0.2) is 23.0 Å². The normalized spacial score (nSPS) is 16.7. The van der Waals surface area contributed by atoms with Gasteiger partial charge in [0.25, 0.3) is 5.56 Å². The minimum Gasteiger partial charge on any atom is -0.506 e. The van der Waals surface area contributed by atoms with Gasteiger partial charge in [-0.2, -0.15) is 0 Å². The highest BCUT2D eigenvalue weighted by atomic mass is 16.5. The predicted octanol–water partition coefficient (Wildman–Crippen LogP) is 2.90. The van der Waals surface area contributed by atoms with Gasteiger partial charge in [0.15, 0.2) is 5.56 Å². The van der Waals surface area contributed by atoms with Crippen molar-refractivity contribution >= 4 is 16.9 Å². The Bertz CT molecular complexity index is 1280. The summed E-state index contributed by atoms with van der Waals surface area (Å²) in [4.78, 5) is 26.4. The van der Waals surface area contributed by atoms with Gasteiger partial charge in [-0.3, -0.25) is 4.79 Å². The zero-order valence-electron chi connectivity index (χ0n) is 17.5. The second-order valence-electron chi connectivity index (χ2n) is 8.80. The molecule has 3 aromatic rings. The predicted molar refractivity (Wildman–Crippen MR) is 116 cm³/mol. The molecule has 3 heterocycles. The van der Waals surface area contributed by atoms with E-state index < -0.39 is 22.8 Å². The molecular weight excluding hydrogens is 398 g/mol. The molecule has 5 rings (SSSR count). The first-order valence-corrected chi connectivity index (χ1v) is 10.5. The van der Waals surface area contributed by atoms with Gasteiger partial charge >= 0.3 is 5.97 Å². The average molecular weight is 423 g/mol. The Hall–Kier alpha value is -3.26. The lowest BCUT2D eigenvalue weighted by Crippen LogP contribution is -2.47. The van der Waals surface area contributed by atoms with Crippen molar-refractivity contribution in [3.05, 3.63) is 45.4 Å². The molecule has 162 valence electrons. The van der Waals surface area contributed by atoms with Crippen molar-refractivity contribution in [2.45, 2.75) is 44.7 Å². The fourth-order valence-corrected chi connectivity index (χ4v) is 4.66. The second kappa shape index (κ2) is 6.88. The van der Waals surface area contributed by atoms with Crippen LogP contribution in [0.2, 0.25) is 0 Å². The Kier molecular flexibility index (Phi) is 4.37. The molecule has 1 aliphatic carbocycles. The van der Waals surface area contributed by atoms with Crippen LogP contribution in [0.3, 0.4) is 0 Å². The number of carboxylic acids is 1.